The van der Waals surface area contributed by atoms with Crippen molar-refractivity contribution in [3.05, 3.63) is 142 Å². The first-order chi connectivity index (χ1) is 24.2. The molecule has 0 fully saturated rings. The maximum Gasteiger partial charge on any atom is 0.266 e. The molecular weight excluding hydrogens is 644 g/mol. The summed E-state index contributed by atoms with van der Waals surface area (Å²) < 4.78 is 12.4. The number of aromatic hydroxyl groups is 1. The molecule has 0 saturated heterocycles. The molecule has 3 aliphatic rings. The molecule has 2 heterocycles. The molecular formula is C42H34N2O7. The number of carbonyl (C=O) groups is 4. The first-order valence-electron chi connectivity index (χ1n) is 16.7. The van der Waals surface area contributed by atoms with Crippen LogP contribution in [0.5, 0.6) is 28.7 Å². The number of nitrogens with zero attached hydrogens (tertiary/aromatic N) is 2. The van der Waals surface area contributed by atoms with Gasteiger partial charge in [-0.15, -0.1) is 0 Å². The largest absolute Gasteiger partial charge is 0.508 e. The van der Waals surface area contributed by atoms with E-state index >= 15 is 0 Å². The molecule has 8 rings (SSSR count). The van der Waals surface area contributed by atoms with Gasteiger partial charge in [0.1, 0.15) is 28.7 Å². The molecule has 1 aliphatic carbocycles. The molecule has 9 heteroatoms. The fourth-order valence-electron chi connectivity index (χ4n) is 7.79. The van der Waals surface area contributed by atoms with Crippen LogP contribution >= 0.6 is 0 Å². The van der Waals surface area contributed by atoms with E-state index < -0.39 is 11.8 Å². The molecule has 0 aromatic heterocycles. The number of hydrogen-bond acceptors (Lipinski definition) is 7. The van der Waals surface area contributed by atoms with E-state index in [9.17, 15) is 24.3 Å². The maximum atomic E-state index is 13.3. The molecule has 1 N–H and O–H groups in total. The Kier molecular flexibility index (Phi) is 7.00. The summed E-state index contributed by atoms with van der Waals surface area (Å²) in [6.45, 7) is 8.43. The molecule has 5 aromatic rings. The standard InChI is InChI=1S/C42H34N2O7/c1-23-6-9-25(18-36(23)45)44-39(48)31-16-13-27(20-33(31)40(44)49)50-26-10-7-24(8-11-26)42(4)22-41(2,3)34-17-14-29(21-35(34)42)51-28-12-15-30-32(19-28)38(47)43(5)37(30)46/h6-21,45H,22H2,1-5H3/t42-/m1/s1. The third kappa shape index (κ3) is 4.99. The zero-order valence-corrected chi connectivity index (χ0v) is 28.7. The monoisotopic (exact) mass is 678 g/mol. The Morgan fingerprint density at radius 2 is 1.12 bits per heavy atom. The predicted molar refractivity (Wildman–Crippen MR) is 190 cm³/mol. The number of rotatable bonds is 6. The van der Waals surface area contributed by atoms with Crippen molar-refractivity contribution in [3.63, 3.8) is 0 Å². The van der Waals surface area contributed by atoms with E-state index in [1.807, 2.05) is 30.3 Å². The van der Waals surface area contributed by atoms with Gasteiger partial charge >= 0.3 is 0 Å². The number of aryl methyl sites for hydroxylation is 1. The fourth-order valence-corrected chi connectivity index (χ4v) is 7.79. The highest BCUT2D eigenvalue weighted by atomic mass is 16.5. The van der Waals surface area contributed by atoms with E-state index in [1.165, 1.54) is 18.7 Å². The van der Waals surface area contributed by atoms with Crippen LogP contribution in [0.15, 0.2) is 97.1 Å². The number of hydrogen-bond donors (Lipinski definition) is 1. The molecule has 0 saturated carbocycles. The van der Waals surface area contributed by atoms with Crippen LogP contribution in [-0.2, 0) is 10.8 Å². The second-order valence-corrected chi connectivity index (χ2v) is 14.3. The molecule has 4 amide bonds. The van der Waals surface area contributed by atoms with Crippen LogP contribution in [0.25, 0.3) is 0 Å². The topological polar surface area (TPSA) is 113 Å². The Labute approximate surface area is 294 Å². The summed E-state index contributed by atoms with van der Waals surface area (Å²) in [6, 6.07) is 28.5. The van der Waals surface area contributed by atoms with E-state index in [4.69, 9.17) is 9.47 Å². The third-order valence-electron chi connectivity index (χ3n) is 10.4. The minimum atomic E-state index is -0.481. The highest BCUT2D eigenvalue weighted by Crippen LogP contribution is 2.54. The molecule has 2 aliphatic heterocycles. The zero-order valence-electron chi connectivity index (χ0n) is 28.7. The molecule has 0 unspecified atom stereocenters. The number of carbonyl (C=O) groups excluding carboxylic acids is 4. The van der Waals surface area contributed by atoms with Gasteiger partial charge in [0, 0.05) is 18.5 Å². The summed E-state index contributed by atoms with van der Waals surface area (Å²) in [5.41, 5.74) is 5.15. The van der Waals surface area contributed by atoms with Crippen LogP contribution in [-0.4, -0.2) is 40.7 Å². The summed E-state index contributed by atoms with van der Waals surface area (Å²) in [5, 5.41) is 10.2. The zero-order chi connectivity index (χ0) is 36.0. The van der Waals surface area contributed by atoms with Crippen LogP contribution in [0.3, 0.4) is 0 Å². The molecule has 0 radical (unpaired) electrons. The van der Waals surface area contributed by atoms with E-state index in [-0.39, 0.29) is 39.5 Å². The van der Waals surface area contributed by atoms with E-state index in [2.05, 4.69) is 32.9 Å². The van der Waals surface area contributed by atoms with Crippen molar-refractivity contribution in [1.29, 1.82) is 0 Å². The number of benzene rings is 5. The van der Waals surface area contributed by atoms with Crippen molar-refractivity contribution >= 4 is 29.3 Å². The van der Waals surface area contributed by atoms with Crippen molar-refractivity contribution in [1.82, 2.24) is 4.90 Å². The first-order valence-corrected chi connectivity index (χ1v) is 16.7. The summed E-state index contributed by atoms with van der Waals surface area (Å²) in [4.78, 5) is 53.5. The van der Waals surface area contributed by atoms with Crippen LogP contribution in [0.4, 0.5) is 5.69 Å². The van der Waals surface area contributed by atoms with Crippen LogP contribution in [0, 0.1) is 6.92 Å². The second kappa shape index (κ2) is 11.1. The van der Waals surface area contributed by atoms with Gasteiger partial charge < -0.3 is 14.6 Å². The fraction of sp³-hybridized carbons (Fsp3) is 0.190. The highest BCUT2D eigenvalue weighted by molar-refractivity contribution is 6.34. The summed E-state index contributed by atoms with van der Waals surface area (Å²) >= 11 is 0. The van der Waals surface area contributed by atoms with Gasteiger partial charge in [-0.25, -0.2) is 4.90 Å². The lowest BCUT2D eigenvalue weighted by Crippen LogP contribution is -2.29. The minimum Gasteiger partial charge on any atom is -0.508 e. The Bertz CT molecular complexity index is 2360. The maximum absolute atomic E-state index is 13.3. The third-order valence-corrected chi connectivity index (χ3v) is 10.4. The lowest BCUT2D eigenvalue weighted by Gasteiger charge is -2.28. The lowest BCUT2D eigenvalue weighted by molar-refractivity contribution is 0.0692. The lowest BCUT2D eigenvalue weighted by atomic mass is 9.75. The number of fused-ring (bicyclic) bond motifs is 3. The van der Waals surface area contributed by atoms with Gasteiger partial charge in [-0.05, 0) is 108 Å². The predicted octanol–water partition coefficient (Wildman–Crippen LogP) is 8.30. The molecule has 51 heavy (non-hydrogen) atoms. The van der Waals surface area contributed by atoms with Crippen LogP contribution in [0.1, 0.15) is 90.9 Å². The number of ether oxygens (including phenoxy) is 2. The molecule has 0 spiro atoms. The smallest absolute Gasteiger partial charge is 0.266 e. The number of imide groups is 2. The normalized spacial score (nSPS) is 18.6. The van der Waals surface area contributed by atoms with Gasteiger partial charge in [-0.1, -0.05) is 45.0 Å². The van der Waals surface area contributed by atoms with Gasteiger partial charge in [0.05, 0.1) is 27.9 Å². The molecule has 9 nitrogen and oxygen atoms in total. The average molecular weight is 679 g/mol. The van der Waals surface area contributed by atoms with Gasteiger partial charge in [0.25, 0.3) is 23.6 Å². The molecule has 254 valence electrons. The summed E-state index contributed by atoms with van der Waals surface area (Å²) in [6.07, 6.45) is 0.858. The van der Waals surface area contributed by atoms with E-state index in [0.29, 0.717) is 45.4 Å². The van der Waals surface area contributed by atoms with Gasteiger partial charge in [-0.2, -0.15) is 0 Å². The van der Waals surface area contributed by atoms with Crippen LogP contribution < -0.4 is 14.4 Å². The Morgan fingerprint density at radius 3 is 1.78 bits per heavy atom. The van der Waals surface area contributed by atoms with Gasteiger partial charge in [-0.3, -0.25) is 24.1 Å². The van der Waals surface area contributed by atoms with Gasteiger partial charge in [0.2, 0.25) is 0 Å². The molecule has 0 bridgehead atoms. The van der Waals surface area contributed by atoms with Crippen molar-refractivity contribution in [3.8, 4) is 28.7 Å². The SMILES string of the molecule is Cc1ccc(N2C(=O)c3ccc(Oc4ccc([C@@]5(C)CC(C)(C)c6ccc(Oc7ccc8c(c7)C(=O)N(C)C8=O)cc65)cc4)cc3C2=O)cc1O. The number of phenols is 1. The second-order valence-electron chi connectivity index (χ2n) is 14.3. The Hall–Kier alpha value is -6.22. The highest BCUT2D eigenvalue weighted by Gasteiger charge is 2.46. The number of anilines is 1. The average Bonchev–Trinajstić information content (AvgIpc) is 3.58. The van der Waals surface area contributed by atoms with Crippen molar-refractivity contribution < 1.29 is 33.8 Å². The first kappa shape index (κ1) is 32.0. The van der Waals surface area contributed by atoms with E-state index in [0.717, 1.165) is 27.3 Å². The number of amides is 4. The summed E-state index contributed by atoms with van der Waals surface area (Å²) in [5.74, 6) is 0.501. The molecule has 5 aromatic carbocycles. The Balaban J connectivity index is 1.03. The molecule has 1 atom stereocenters. The Morgan fingerprint density at radius 1 is 0.588 bits per heavy atom. The van der Waals surface area contributed by atoms with Crippen molar-refractivity contribution in [2.75, 3.05) is 11.9 Å². The number of phenolic OH excluding ortho intramolecular Hbond substituents is 1. The minimum absolute atomic E-state index is 0.00497. The summed E-state index contributed by atoms with van der Waals surface area (Å²) in [7, 11) is 1.47. The van der Waals surface area contributed by atoms with Crippen molar-refractivity contribution in [2.45, 2.75) is 44.9 Å². The quantitative estimate of drug-likeness (QED) is 0.180. The van der Waals surface area contributed by atoms with Crippen molar-refractivity contribution in [2.24, 2.45) is 0 Å². The van der Waals surface area contributed by atoms with Crippen LogP contribution in [0.2, 0.25) is 0 Å². The van der Waals surface area contributed by atoms with Gasteiger partial charge in [0.15, 0.2) is 0 Å². The van der Waals surface area contributed by atoms with E-state index in [1.54, 1.807) is 55.5 Å².